The van der Waals surface area contributed by atoms with Crippen LogP contribution in [-0.2, 0) is 18.5 Å². The van der Waals surface area contributed by atoms with Crippen molar-refractivity contribution in [1.29, 1.82) is 0 Å². The molecule has 0 saturated heterocycles. The minimum absolute atomic E-state index is 0.302. The summed E-state index contributed by atoms with van der Waals surface area (Å²) in [4.78, 5) is 13.6. The highest BCUT2D eigenvalue weighted by Crippen LogP contribution is 2.26. The Balaban J connectivity index is 2.58. The molecular formula is C12H19N3O2. The molecule has 1 aliphatic rings. The van der Waals surface area contributed by atoms with E-state index < -0.39 is 5.97 Å². The molecule has 0 saturated carbocycles. The van der Waals surface area contributed by atoms with Crippen LogP contribution < -0.4 is 0 Å². The lowest BCUT2D eigenvalue weighted by Gasteiger charge is -2.21. The number of aromatic carboxylic acids is 1. The van der Waals surface area contributed by atoms with Gasteiger partial charge in [0.05, 0.1) is 11.2 Å². The maximum Gasteiger partial charge on any atom is 0.354 e. The summed E-state index contributed by atoms with van der Waals surface area (Å²) in [5.74, 6) is -0.877. The van der Waals surface area contributed by atoms with E-state index in [1.165, 1.54) is 0 Å². The molecule has 2 rings (SSSR count). The van der Waals surface area contributed by atoms with Crippen LogP contribution in [0.15, 0.2) is 0 Å². The number of hydrogen-bond donors (Lipinski definition) is 1. The maximum atomic E-state index is 11.4. The summed E-state index contributed by atoms with van der Waals surface area (Å²) in [6.07, 6.45) is 0.767. The third-order valence-electron chi connectivity index (χ3n) is 3.07. The quantitative estimate of drug-likeness (QED) is 0.800. The Bertz CT molecular complexity index is 457. The van der Waals surface area contributed by atoms with E-state index in [1.807, 2.05) is 27.8 Å². The van der Waals surface area contributed by atoms with Crippen LogP contribution in [-0.4, -0.2) is 39.3 Å². The fraction of sp³-hybridized carbons (Fsp3) is 0.667. The van der Waals surface area contributed by atoms with E-state index in [0.717, 1.165) is 30.8 Å². The van der Waals surface area contributed by atoms with Gasteiger partial charge in [0, 0.05) is 18.7 Å². The molecule has 0 aromatic carbocycles. The van der Waals surface area contributed by atoms with Crippen LogP contribution in [0.4, 0.5) is 0 Å². The predicted octanol–water partition coefficient (Wildman–Crippen LogP) is 1.32. The molecule has 94 valence electrons. The van der Waals surface area contributed by atoms with Crippen molar-refractivity contribution in [2.24, 2.45) is 0 Å². The lowest BCUT2D eigenvalue weighted by Crippen LogP contribution is -2.27. The highest BCUT2D eigenvalue weighted by molar-refractivity contribution is 5.88. The zero-order valence-corrected chi connectivity index (χ0v) is 10.8. The van der Waals surface area contributed by atoms with Gasteiger partial charge in [0.15, 0.2) is 0 Å². The van der Waals surface area contributed by atoms with Gasteiger partial charge in [0.2, 0.25) is 0 Å². The smallest absolute Gasteiger partial charge is 0.354 e. The van der Waals surface area contributed by atoms with Crippen LogP contribution in [0, 0.1) is 0 Å². The second kappa shape index (κ2) is 3.84. The van der Waals surface area contributed by atoms with Gasteiger partial charge >= 0.3 is 5.97 Å². The Kier molecular flexibility index (Phi) is 2.73. The largest absolute Gasteiger partial charge is 0.477 e. The molecule has 0 bridgehead atoms. The van der Waals surface area contributed by atoms with Gasteiger partial charge in [-0.2, -0.15) is 5.10 Å². The van der Waals surface area contributed by atoms with Gasteiger partial charge in [-0.15, -0.1) is 0 Å². The predicted molar refractivity (Wildman–Crippen MR) is 64.2 cm³/mol. The number of aromatic nitrogens is 2. The van der Waals surface area contributed by atoms with Gasteiger partial charge in [-0.3, -0.25) is 4.68 Å². The molecule has 0 fully saturated rings. The maximum absolute atomic E-state index is 11.4. The van der Waals surface area contributed by atoms with E-state index in [0.29, 0.717) is 5.69 Å². The zero-order chi connectivity index (χ0) is 12.8. The normalized spacial score (nSPS) is 16.9. The Morgan fingerprint density at radius 2 is 2.06 bits per heavy atom. The SMILES string of the molecule is CN1CCc2c(nn(C(C)(C)C)c2C(=O)O)C1. The van der Waals surface area contributed by atoms with Crippen molar-refractivity contribution in [3.63, 3.8) is 0 Å². The standard InChI is InChI=1S/C12H19N3O2/c1-12(2,3)15-10(11(16)17)8-5-6-14(4)7-9(8)13-15/h5-7H2,1-4H3,(H,16,17). The van der Waals surface area contributed by atoms with Crippen molar-refractivity contribution in [3.05, 3.63) is 17.0 Å². The monoisotopic (exact) mass is 237 g/mol. The third-order valence-corrected chi connectivity index (χ3v) is 3.07. The molecular weight excluding hydrogens is 218 g/mol. The molecule has 0 amide bonds. The van der Waals surface area contributed by atoms with Crippen LogP contribution in [0.3, 0.4) is 0 Å². The van der Waals surface area contributed by atoms with Crippen LogP contribution in [0.5, 0.6) is 0 Å². The molecule has 0 spiro atoms. The number of hydrogen-bond acceptors (Lipinski definition) is 3. The summed E-state index contributed by atoms with van der Waals surface area (Å²) in [5.41, 5.74) is 1.88. The molecule has 0 atom stereocenters. The number of fused-ring (bicyclic) bond motifs is 1. The lowest BCUT2D eigenvalue weighted by molar-refractivity contribution is 0.0673. The Hall–Kier alpha value is -1.36. The van der Waals surface area contributed by atoms with E-state index in [1.54, 1.807) is 4.68 Å². The van der Waals surface area contributed by atoms with E-state index in [-0.39, 0.29) is 5.54 Å². The minimum Gasteiger partial charge on any atom is -0.477 e. The summed E-state index contributed by atoms with van der Waals surface area (Å²) in [6, 6.07) is 0. The molecule has 5 heteroatoms. The molecule has 1 aliphatic heterocycles. The number of rotatable bonds is 1. The second-order valence-electron chi connectivity index (χ2n) is 5.65. The Morgan fingerprint density at radius 3 is 2.59 bits per heavy atom. The van der Waals surface area contributed by atoms with Crippen molar-refractivity contribution < 1.29 is 9.90 Å². The van der Waals surface area contributed by atoms with Gasteiger partial charge in [0.1, 0.15) is 5.69 Å². The topological polar surface area (TPSA) is 58.4 Å². The summed E-state index contributed by atoms with van der Waals surface area (Å²) < 4.78 is 1.65. The summed E-state index contributed by atoms with van der Waals surface area (Å²) in [7, 11) is 2.03. The van der Waals surface area contributed by atoms with E-state index >= 15 is 0 Å². The van der Waals surface area contributed by atoms with Gasteiger partial charge in [0.25, 0.3) is 0 Å². The molecule has 0 aliphatic carbocycles. The van der Waals surface area contributed by atoms with Crippen LogP contribution in [0.25, 0.3) is 0 Å². The van der Waals surface area contributed by atoms with Crippen molar-refractivity contribution in [2.75, 3.05) is 13.6 Å². The summed E-state index contributed by atoms with van der Waals surface area (Å²) in [5, 5.41) is 13.9. The molecule has 5 nitrogen and oxygen atoms in total. The third kappa shape index (κ3) is 2.07. The van der Waals surface area contributed by atoms with Crippen molar-refractivity contribution in [1.82, 2.24) is 14.7 Å². The average molecular weight is 237 g/mol. The van der Waals surface area contributed by atoms with Crippen molar-refractivity contribution >= 4 is 5.97 Å². The van der Waals surface area contributed by atoms with E-state index in [2.05, 4.69) is 10.00 Å². The molecule has 0 radical (unpaired) electrons. The first kappa shape index (κ1) is 12.1. The molecule has 1 aromatic rings. The van der Waals surface area contributed by atoms with Crippen LogP contribution in [0.2, 0.25) is 0 Å². The van der Waals surface area contributed by atoms with Crippen LogP contribution in [0.1, 0.15) is 42.5 Å². The lowest BCUT2D eigenvalue weighted by atomic mass is 10.0. The minimum atomic E-state index is -0.877. The Labute approximate surface area is 101 Å². The number of carboxylic acids is 1. The first-order chi connectivity index (χ1) is 7.80. The molecule has 2 heterocycles. The van der Waals surface area contributed by atoms with Crippen LogP contribution >= 0.6 is 0 Å². The number of carbonyl (C=O) groups is 1. The highest BCUT2D eigenvalue weighted by Gasteiger charge is 2.30. The van der Waals surface area contributed by atoms with Crippen molar-refractivity contribution in [3.8, 4) is 0 Å². The van der Waals surface area contributed by atoms with E-state index in [9.17, 15) is 9.90 Å². The number of nitrogens with zero attached hydrogens (tertiary/aromatic N) is 3. The van der Waals surface area contributed by atoms with Gasteiger partial charge in [-0.05, 0) is 34.2 Å². The highest BCUT2D eigenvalue weighted by atomic mass is 16.4. The van der Waals surface area contributed by atoms with E-state index in [4.69, 9.17) is 0 Å². The first-order valence-corrected chi connectivity index (χ1v) is 5.84. The average Bonchev–Trinajstić information content (AvgIpc) is 2.55. The summed E-state index contributed by atoms with van der Waals surface area (Å²) in [6.45, 7) is 7.55. The molecule has 17 heavy (non-hydrogen) atoms. The zero-order valence-electron chi connectivity index (χ0n) is 10.8. The second-order valence-corrected chi connectivity index (χ2v) is 5.65. The first-order valence-electron chi connectivity index (χ1n) is 5.84. The Morgan fingerprint density at radius 1 is 1.41 bits per heavy atom. The van der Waals surface area contributed by atoms with Gasteiger partial charge in [-0.25, -0.2) is 4.79 Å². The molecule has 0 unspecified atom stereocenters. The van der Waals surface area contributed by atoms with Gasteiger partial charge in [-0.1, -0.05) is 0 Å². The van der Waals surface area contributed by atoms with Gasteiger partial charge < -0.3 is 10.0 Å². The summed E-state index contributed by atoms with van der Waals surface area (Å²) >= 11 is 0. The fourth-order valence-electron chi connectivity index (χ4n) is 2.23. The molecule has 1 N–H and O–H groups in total. The van der Waals surface area contributed by atoms with Crippen molar-refractivity contribution in [2.45, 2.75) is 39.3 Å². The fourth-order valence-corrected chi connectivity index (χ4v) is 2.23. The number of likely N-dealkylation sites (N-methyl/N-ethyl adjacent to an activating group) is 1. The number of carboxylic acid groups (broad SMARTS) is 1. The molecule has 1 aromatic heterocycles.